The molecule has 0 radical (unpaired) electrons. The highest BCUT2D eigenvalue weighted by atomic mass is 19.1. The number of amides is 1. The number of rotatable bonds is 7. The van der Waals surface area contributed by atoms with Crippen molar-refractivity contribution < 1.29 is 28.2 Å². The number of ether oxygens (including phenoxy) is 2. The number of hydrogen-bond donors (Lipinski definition) is 0. The molecule has 1 atom stereocenters. The second kappa shape index (κ2) is 9.93. The van der Waals surface area contributed by atoms with E-state index in [2.05, 4.69) is 0 Å². The molecule has 152 valence electrons. The van der Waals surface area contributed by atoms with E-state index in [1.54, 1.807) is 29.2 Å². The van der Waals surface area contributed by atoms with Crippen LogP contribution in [0.2, 0.25) is 0 Å². The summed E-state index contributed by atoms with van der Waals surface area (Å²) in [4.78, 5) is 39.1. The van der Waals surface area contributed by atoms with Crippen LogP contribution in [0.3, 0.4) is 0 Å². The molecule has 3 rings (SSSR count). The first-order valence-corrected chi connectivity index (χ1v) is 9.44. The topological polar surface area (TPSA) is 72.9 Å². The lowest BCUT2D eigenvalue weighted by molar-refractivity contribution is -0.162. The van der Waals surface area contributed by atoms with Crippen molar-refractivity contribution in [2.24, 2.45) is 0 Å². The average molecular weight is 399 g/mol. The average Bonchev–Trinajstić information content (AvgIpc) is 2.77. The van der Waals surface area contributed by atoms with Gasteiger partial charge in [0.1, 0.15) is 5.82 Å². The van der Waals surface area contributed by atoms with Crippen LogP contribution in [0.4, 0.5) is 4.39 Å². The molecule has 1 amide bonds. The van der Waals surface area contributed by atoms with Crippen LogP contribution in [0.15, 0.2) is 54.6 Å². The molecule has 2 aromatic carbocycles. The standard InChI is InChI=1S/C22H22FNO5/c23-18-8-6-16(7-9-18)19(25)10-11-20(26)29-21(17-4-2-1-3-5-17)22(27)24-12-14-28-15-13-24/h1-9,21H,10-15H2/t21-/m1/s1. The predicted octanol–water partition coefficient (Wildman–Crippen LogP) is 2.93. The van der Waals surface area contributed by atoms with Crippen molar-refractivity contribution >= 4 is 17.7 Å². The quantitative estimate of drug-likeness (QED) is 0.529. The van der Waals surface area contributed by atoms with E-state index in [9.17, 15) is 18.8 Å². The monoisotopic (exact) mass is 399 g/mol. The molecule has 1 aliphatic heterocycles. The van der Waals surface area contributed by atoms with Crippen molar-refractivity contribution in [1.82, 2.24) is 4.90 Å². The summed E-state index contributed by atoms with van der Waals surface area (Å²) in [7, 11) is 0. The molecule has 0 aliphatic carbocycles. The number of ketones is 1. The maximum atomic E-state index is 13.0. The molecule has 1 aliphatic rings. The number of hydrogen-bond acceptors (Lipinski definition) is 5. The largest absolute Gasteiger partial charge is 0.447 e. The summed E-state index contributed by atoms with van der Waals surface area (Å²) in [5.41, 5.74) is 0.894. The Morgan fingerprint density at radius 1 is 0.966 bits per heavy atom. The minimum atomic E-state index is -1.07. The lowest BCUT2D eigenvalue weighted by atomic mass is 10.1. The number of halogens is 1. The van der Waals surface area contributed by atoms with Gasteiger partial charge in [-0.25, -0.2) is 4.39 Å². The summed E-state index contributed by atoms with van der Waals surface area (Å²) < 4.78 is 23.7. The molecule has 0 N–H and O–H groups in total. The first-order valence-electron chi connectivity index (χ1n) is 9.44. The van der Waals surface area contributed by atoms with E-state index in [1.807, 2.05) is 6.07 Å². The van der Waals surface area contributed by atoms with Gasteiger partial charge in [0, 0.05) is 30.6 Å². The Morgan fingerprint density at radius 3 is 2.28 bits per heavy atom. The summed E-state index contributed by atoms with van der Waals surface area (Å²) in [6.07, 6.45) is -1.32. The van der Waals surface area contributed by atoms with Crippen LogP contribution in [0.5, 0.6) is 0 Å². The van der Waals surface area contributed by atoms with Gasteiger partial charge in [-0.3, -0.25) is 14.4 Å². The van der Waals surface area contributed by atoms with Gasteiger partial charge in [-0.1, -0.05) is 30.3 Å². The molecule has 29 heavy (non-hydrogen) atoms. The number of benzene rings is 2. The smallest absolute Gasteiger partial charge is 0.307 e. The number of morpholine rings is 1. The van der Waals surface area contributed by atoms with Gasteiger partial charge in [0.15, 0.2) is 5.78 Å². The third-order valence-corrected chi connectivity index (χ3v) is 4.62. The number of Topliss-reactive ketones (excluding diaryl/α,β-unsaturated/α-hetero) is 1. The molecular weight excluding hydrogens is 377 g/mol. The Labute approximate surface area is 168 Å². The molecule has 2 aromatic rings. The molecular formula is C22H22FNO5. The van der Waals surface area contributed by atoms with E-state index in [0.29, 0.717) is 37.4 Å². The van der Waals surface area contributed by atoms with Crippen molar-refractivity contribution in [3.05, 3.63) is 71.5 Å². The summed E-state index contributed by atoms with van der Waals surface area (Å²) in [6.45, 7) is 1.74. The van der Waals surface area contributed by atoms with E-state index >= 15 is 0 Å². The molecule has 6 nitrogen and oxygen atoms in total. The van der Waals surface area contributed by atoms with Gasteiger partial charge in [0.25, 0.3) is 5.91 Å². The summed E-state index contributed by atoms with van der Waals surface area (Å²) in [6, 6.07) is 13.9. The maximum Gasteiger partial charge on any atom is 0.307 e. The minimum Gasteiger partial charge on any atom is -0.447 e. The van der Waals surface area contributed by atoms with Gasteiger partial charge in [-0.05, 0) is 24.3 Å². The van der Waals surface area contributed by atoms with Crippen LogP contribution >= 0.6 is 0 Å². The third-order valence-electron chi connectivity index (χ3n) is 4.62. The normalized spacial score (nSPS) is 14.9. The summed E-state index contributed by atoms with van der Waals surface area (Å²) >= 11 is 0. The Hall–Kier alpha value is -3.06. The zero-order valence-corrected chi connectivity index (χ0v) is 15.9. The van der Waals surface area contributed by atoms with E-state index in [4.69, 9.17) is 9.47 Å². The lowest BCUT2D eigenvalue weighted by Crippen LogP contribution is -2.44. The molecule has 1 fully saturated rings. The van der Waals surface area contributed by atoms with Crippen LogP contribution in [0.1, 0.15) is 34.9 Å². The fraction of sp³-hybridized carbons (Fsp3) is 0.318. The fourth-order valence-corrected chi connectivity index (χ4v) is 3.02. The van der Waals surface area contributed by atoms with Gasteiger partial charge in [0.2, 0.25) is 6.10 Å². The van der Waals surface area contributed by atoms with Crippen molar-refractivity contribution in [2.45, 2.75) is 18.9 Å². The molecule has 1 heterocycles. The highest BCUT2D eigenvalue weighted by Crippen LogP contribution is 2.22. The van der Waals surface area contributed by atoms with Crippen molar-refractivity contribution in [1.29, 1.82) is 0 Å². The van der Waals surface area contributed by atoms with Crippen LogP contribution < -0.4 is 0 Å². The lowest BCUT2D eigenvalue weighted by Gasteiger charge is -2.30. The number of nitrogens with zero attached hydrogens (tertiary/aromatic N) is 1. The molecule has 0 bridgehead atoms. The van der Waals surface area contributed by atoms with Crippen LogP contribution in [0, 0.1) is 5.82 Å². The van der Waals surface area contributed by atoms with Crippen LogP contribution in [0.25, 0.3) is 0 Å². The second-order valence-electron chi connectivity index (χ2n) is 6.65. The Kier molecular flexibility index (Phi) is 7.08. The SMILES string of the molecule is O=C(CCC(=O)c1ccc(F)cc1)O[C@@H](C(=O)N1CCOCC1)c1ccccc1. The van der Waals surface area contributed by atoms with Crippen molar-refractivity contribution in [3.8, 4) is 0 Å². The maximum absolute atomic E-state index is 13.0. The first kappa shape index (κ1) is 20.7. The van der Waals surface area contributed by atoms with Gasteiger partial charge in [-0.15, -0.1) is 0 Å². The number of esters is 1. The highest BCUT2D eigenvalue weighted by molar-refractivity contribution is 5.97. The molecule has 0 aromatic heterocycles. The van der Waals surface area contributed by atoms with Gasteiger partial charge in [-0.2, -0.15) is 0 Å². The molecule has 0 spiro atoms. The zero-order valence-electron chi connectivity index (χ0n) is 15.9. The predicted molar refractivity (Wildman–Crippen MR) is 103 cm³/mol. The van der Waals surface area contributed by atoms with Crippen LogP contribution in [-0.2, 0) is 19.1 Å². The molecule has 1 saturated heterocycles. The second-order valence-corrected chi connectivity index (χ2v) is 6.65. The van der Waals surface area contributed by atoms with Gasteiger partial charge >= 0.3 is 5.97 Å². The van der Waals surface area contributed by atoms with E-state index in [0.717, 1.165) is 0 Å². The minimum absolute atomic E-state index is 0.0856. The van der Waals surface area contributed by atoms with Gasteiger partial charge in [0.05, 0.1) is 19.6 Å². The first-order chi connectivity index (χ1) is 14.0. The van der Waals surface area contributed by atoms with Crippen LogP contribution in [-0.4, -0.2) is 48.9 Å². The molecule has 7 heteroatoms. The third kappa shape index (κ3) is 5.71. The highest BCUT2D eigenvalue weighted by Gasteiger charge is 2.30. The Bertz CT molecular complexity index is 847. The summed E-state index contributed by atoms with van der Waals surface area (Å²) in [5, 5.41) is 0. The van der Waals surface area contributed by atoms with Crippen molar-refractivity contribution in [2.75, 3.05) is 26.3 Å². The summed E-state index contributed by atoms with van der Waals surface area (Å²) in [5.74, 6) is -1.68. The van der Waals surface area contributed by atoms with Crippen molar-refractivity contribution in [3.63, 3.8) is 0 Å². The van der Waals surface area contributed by atoms with E-state index in [-0.39, 0.29) is 24.5 Å². The van der Waals surface area contributed by atoms with Gasteiger partial charge < -0.3 is 14.4 Å². The molecule has 0 unspecified atom stereocenters. The fourth-order valence-electron chi connectivity index (χ4n) is 3.02. The molecule has 0 saturated carbocycles. The number of carbonyl (C=O) groups is 3. The number of carbonyl (C=O) groups excluding carboxylic acids is 3. The zero-order chi connectivity index (χ0) is 20.6. The van der Waals surface area contributed by atoms with E-state index < -0.39 is 17.9 Å². The Balaban J connectivity index is 1.63. The van der Waals surface area contributed by atoms with E-state index in [1.165, 1.54) is 24.3 Å². The Morgan fingerprint density at radius 2 is 1.62 bits per heavy atom.